The number of hydrogen-bond acceptors (Lipinski definition) is 6. The Morgan fingerprint density at radius 2 is 1.65 bits per heavy atom. The Hall–Kier alpha value is -1.72. The van der Waals surface area contributed by atoms with Crippen LogP contribution in [0.5, 0.6) is 0 Å². The zero-order valence-electron chi connectivity index (χ0n) is 26.9. The van der Waals surface area contributed by atoms with E-state index < -0.39 is 23.2 Å². The molecule has 0 aromatic heterocycles. The van der Waals surface area contributed by atoms with Gasteiger partial charge < -0.3 is 9.47 Å². The molecule has 8 rings (SSSR count). The predicted octanol–water partition coefficient (Wildman–Crippen LogP) is 6.64. The number of fused-ring (bicyclic) bond motifs is 14. The summed E-state index contributed by atoms with van der Waals surface area (Å²) in [6.45, 7) is 10.2. The minimum absolute atomic E-state index is 0.157. The van der Waals surface area contributed by atoms with Gasteiger partial charge in [-0.3, -0.25) is 19.2 Å². The van der Waals surface area contributed by atoms with E-state index in [0.29, 0.717) is 78.3 Å². The van der Waals surface area contributed by atoms with Crippen LogP contribution >= 0.6 is 0 Å². The maximum atomic E-state index is 13.6. The molecule has 0 spiro atoms. The van der Waals surface area contributed by atoms with Crippen molar-refractivity contribution < 1.29 is 28.7 Å². The van der Waals surface area contributed by atoms with Crippen LogP contribution in [-0.4, -0.2) is 29.3 Å². The van der Waals surface area contributed by atoms with E-state index in [4.69, 9.17) is 9.47 Å². The Morgan fingerprint density at radius 1 is 0.907 bits per heavy atom. The molecular weight excluding hydrogens is 540 g/mol. The third-order valence-electron chi connectivity index (χ3n) is 15.6. The van der Waals surface area contributed by atoms with Gasteiger partial charge in [0.15, 0.2) is 0 Å². The van der Waals surface area contributed by atoms with Crippen LogP contribution in [0.3, 0.4) is 0 Å². The number of cyclic esters (lactones) is 2. The Labute approximate surface area is 257 Å². The van der Waals surface area contributed by atoms with E-state index in [2.05, 4.69) is 13.8 Å². The molecule has 0 aromatic carbocycles. The summed E-state index contributed by atoms with van der Waals surface area (Å²) in [6.07, 6.45) is 11.4. The highest BCUT2D eigenvalue weighted by molar-refractivity contribution is 5.96. The van der Waals surface area contributed by atoms with E-state index in [1.165, 1.54) is 38.5 Å². The quantitative estimate of drug-likeness (QED) is 0.179. The molecule has 0 N–H and O–H groups in total. The standard InChI is InChI=1S/C37H52O6/c1-17-24(28-15-25(17)31-19-11-26(18(2)38)27(12-19)32(28)31)14-29-23(33(39)42-34(29)40)9-10-36(3,4)35(41)43-37(5)16-20-13-30(37)22-8-6-7-21(20)22/h17,19-32H,6-16H2,1-5H3. The summed E-state index contributed by atoms with van der Waals surface area (Å²) in [4.78, 5) is 52.2. The molecule has 7 aliphatic carbocycles. The fourth-order valence-corrected chi connectivity index (χ4v) is 13.8. The summed E-state index contributed by atoms with van der Waals surface area (Å²) in [6, 6.07) is 0. The van der Waals surface area contributed by atoms with Crippen molar-refractivity contribution in [1.82, 2.24) is 0 Å². The first-order chi connectivity index (χ1) is 20.4. The van der Waals surface area contributed by atoms with Gasteiger partial charge in [-0.05, 0) is 157 Å². The Kier molecular flexibility index (Phi) is 6.44. The summed E-state index contributed by atoms with van der Waals surface area (Å²) < 4.78 is 11.7. The minimum Gasteiger partial charge on any atom is -0.459 e. The van der Waals surface area contributed by atoms with Crippen molar-refractivity contribution in [2.45, 2.75) is 111 Å². The van der Waals surface area contributed by atoms with Gasteiger partial charge in [0, 0.05) is 11.8 Å². The summed E-state index contributed by atoms with van der Waals surface area (Å²) in [5.74, 6) is 6.30. The normalized spacial score (nSPS) is 52.2. The lowest BCUT2D eigenvalue weighted by molar-refractivity contribution is -0.178. The topological polar surface area (TPSA) is 86.7 Å². The number of ether oxygens (including phenoxy) is 2. The molecule has 1 heterocycles. The van der Waals surface area contributed by atoms with Crippen molar-refractivity contribution in [2.75, 3.05) is 0 Å². The molecule has 6 heteroatoms. The molecule has 0 radical (unpaired) electrons. The van der Waals surface area contributed by atoms with Crippen LogP contribution in [0, 0.1) is 94.2 Å². The van der Waals surface area contributed by atoms with Crippen LogP contribution in [0.15, 0.2) is 0 Å². The van der Waals surface area contributed by atoms with E-state index in [-0.39, 0.29) is 23.5 Å². The van der Waals surface area contributed by atoms with Gasteiger partial charge in [0.2, 0.25) is 0 Å². The van der Waals surface area contributed by atoms with Gasteiger partial charge in [0.05, 0.1) is 17.3 Å². The number of carbonyl (C=O) groups is 4. The number of hydrogen-bond donors (Lipinski definition) is 0. The van der Waals surface area contributed by atoms with E-state index in [1.54, 1.807) is 6.92 Å². The van der Waals surface area contributed by atoms with Crippen molar-refractivity contribution in [3.05, 3.63) is 0 Å². The number of carbonyl (C=O) groups excluding carboxylic acids is 4. The van der Waals surface area contributed by atoms with Gasteiger partial charge in [-0.15, -0.1) is 0 Å². The molecular formula is C37H52O6. The van der Waals surface area contributed by atoms with Gasteiger partial charge in [-0.2, -0.15) is 0 Å². The lowest BCUT2D eigenvalue weighted by Gasteiger charge is -2.44. The summed E-state index contributed by atoms with van der Waals surface area (Å²) in [5.41, 5.74) is -1.10. The van der Waals surface area contributed by atoms with Crippen LogP contribution < -0.4 is 0 Å². The molecule has 236 valence electrons. The highest BCUT2D eigenvalue weighted by Gasteiger charge is 2.67. The van der Waals surface area contributed by atoms with Gasteiger partial charge >= 0.3 is 17.9 Å². The lowest BCUT2D eigenvalue weighted by Crippen LogP contribution is -2.45. The van der Waals surface area contributed by atoms with E-state index >= 15 is 0 Å². The molecule has 8 fully saturated rings. The van der Waals surface area contributed by atoms with Crippen LogP contribution in [-0.2, 0) is 28.7 Å². The van der Waals surface area contributed by atoms with Crippen LogP contribution in [0.4, 0.5) is 0 Å². The fourth-order valence-electron chi connectivity index (χ4n) is 13.8. The maximum absolute atomic E-state index is 13.6. The minimum atomic E-state index is -0.728. The van der Waals surface area contributed by atoms with Crippen molar-refractivity contribution >= 4 is 23.7 Å². The number of ketones is 1. The highest BCUT2D eigenvalue weighted by Crippen LogP contribution is 2.72. The van der Waals surface area contributed by atoms with Crippen molar-refractivity contribution in [2.24, 2.45) is 94.2 Å². The SMILES string of the molecule is CC(=O)C1CC2CC1C1C3CC(C(C)C3CC3C(=O)OC(=O)C3CCC(C)(C)C(=O)OC3(C)CC4CC3C3CCCC43)C21. The van der Waals surface area contributed by atoms with Gasteiger partial charge in [0.25, 0.3) is 0 Å². The molecule has 16 unspecified atom stereocenters. The smallest absolute Gasteiger partial charge is 0.317 e. The monoisotopic (exact) mass is 592 g/mol. The second-order valence-corrected chi connectivity index (χ2v) is 17.7. The van der Waals surface area contributed by atoms with Gasteiger partial charge in [-0.25, -0.2) is 0 Å². The largest absolute Gasteiger partial charge is 0.459 e. The Balaban J connectivity index is 0.926. The van der Waals surface area contributed by atoms with Gasteiger partial charge in [0.1, 0.15) is 11.4 Å². The average Bonchev–Trinajstić information content (AvgIpc) is 3.77. The second kappa shape index (κ2) is 9.64. The lowest BCUT2D eigenvalue weighted by atomic mass is 9.59. The molecule has 8 aliphatic rings. The first kappa shape index (κ1) is 28.7. The predicted molar refractivity (Wildman–Crippen MR) is 159 cm³/mol. The molecule has 1 aliphatic heterocycles. The number of esters is 3. The van der Waals surface area contributed by atoms with Crippen molar-refractivity contribution in [3.63, 3.8) is 0 Å². The fraction of sp³-hybridized carbons (Fsp3) is 0.892. The third kappa shape index (κ3) is 4.08. The molecule has 0 amide bonds. The van der Waals surface area contributed by atoms with E-state index in [0.717, 1.165) is 30.6 Å². The summed E-state index contributed by atoms with van der Waals surface area (Å²) in [5, 5.41) is 0. The number of rotatable bonds is 8. The maximum Gasteiger partial charge on any atom is 0.317 e. The zero-order chi connectivity index (χ0) is 30.2. The highest BCUT2D eigenvalue weighted by atomic mass is 16.6. The average molecular weight is 593 g/mol. The first-order valence-electron chi connectivity index (χ1n) is 17.9. The van der Waals surface area contributed by atoms with E-state index in [1.807, 2.05) is 13.8 Å². The zero-order valence-corrected chi connectivity index (χ0v) is 26.9. The second-order valence-electron chi connectivity index (χ2n) is 17.7. The molecule has 43 heavy (non-hydrogen) atoms. The Morgan fingerprint density at radius 3 is 2.42 bits per heavy atom. The summed E-state index contributed by atoms with van der Waals surface area (Å²) in [7, 11) is 0. The first-order valence-corrected chi connectivity index (χ1v) is 17.9. The van der Waals surface area contributed by atoms with Gasteiger partial charge in [-0.1, -0.05) is 13.3 Å². The molecule has 16 atom stereocenters. The van der Waals surface area contributed by atoms with E-state index in [9.17, 15) is 19.2 Å². The summed E-state index contributed by atoms with van der Waals surface area (Å²) >= 11 is 0. The van der Waals surface area contributed by atoms with Crippen molar-refractivity contribution in [3.8, 4) is 0 Å². The van der Waals surface area contributed by atoms with Crippen LogP contribution in [0.25, 0.3) is 0 Å². The third-order valence-corrected chi connectivity index (χ3v) is 15.6. The molecule has 1 saturated heterocycles. The van der Waals surface area contributed by atoms with Crippen LogP contribution in [0.1, 0.15) is 105 Å². The molecule has 7 saturated carbocycles. The number of Topliss-reactive ketones (excluding diaryl/α,β-unsaturated/α-hetero) is 1. The Bertz CT molecular complexity index is 1240. The molecule has 0 aromatic rings. The molecule has 6 nitrogen and oxygen atoms in total. The molecule has 6 bridgehead atoms. The van der Waals surface area contributed by atoms with Crippen LogP contribution in [0.2, 0.25) is 0 Å². The van der Waals surface area contributed by atoms with Crippen molar-refractivity contribution in [1.29, 1.82) is 0 Å².